The summed E-state index contributed by atoms with van der Waals surface area (Å²) in [4.78, 5) is 4.26. The monoisotopic (exact) mass is 305 g/mol. The number of nitrogens with two attached hydrogens (primary N) is 1. The Bertz CT molecular complexity index is 834. The Morgan fingerprint density at radius 1 is 1.18 bits per heavy atom. The number of hydrogen-bond acceptors (Lipinski definition) is 2. The molecule has 3 aromatic rings. The Labute approximate surface area is 125 Å². The minimum atomic E-state index is -4.37. The molecule has 0 aliphatic carbocycles. The fourth-order valence-corrected chi connectivity index (χ4v) is 2.52. The molecule has 0 fully saturated rings. The Morgan fingerprint density at radius 3 is 2.64 bits per heavy atom. The molecule has 0 unspecified atom stereocenters. The van der Waals surface area contributed by atoms with Crippen LogP contribution in [-0.4, -0.2) is 9.55 Å². The number of alkyl halides is 3. The van der Waals surface area contributed by atoms with Crippen molar-refractivity contribution in [3.63, 3.8) is 0 Å². The van der Waals surface area contributed by atoms with Gasteiger partial charge in [0, 0.05) is 42.5 Å². The first kappa shape index (κ1) is 14.6. The molecule has 0 atom stereocenters. The van der Waals surface area contributed by atoms with Gasteiger partial charge in [-0.25, -0.2) is 0 Å². The van der Waals surface area contributed by atoms with Gasteiger partial charge in [-0.1, -0.05) is 0 Å². The molecule has 0 amide bonds. The van der Waals surface area contributed by atoms with Crippen LogP contribution < -0.4 is 5.73 Å². The zero-order valence-corrected chi connectivity index (χ0v) is 11.9. The summed E-state index contributed by atoms with van der Waals surface area (Å²) in [6, 6.07) is 7.33. The molecule has 6 heteroatoms. The highest BCUT2D eigenvalue weighted by Gasteiger charge is 2.31. The van der Waals surface area contributed by atoms with Crippen molar-refractivity contribution in [1.82, 2.24) is 9.55 Å². The smallest absolute Gasteiger partial charge is 0.350 e. The minimum absolute atomic E-state index is 0.355. The molecule has 22 heavy (non-hydrogen) atoms. The van der Waals surface area contributed by atoms with Gasteiger partial charge in [-0.05, 0) is 35.9 Å². The van der Waals surface area contributed by atoms with Gasteiger partial charge in [0.2, 0.25) is 0 Å². The van der Waals surface area contributed by atoms with Crippen molar-refractivity contribution < 1.29 is 13.2 Å². The first-order valence-corrected chi connectivity index (χ1v) is 6.72. The predicted octanol–water partition coefficient (Wildman–Crippen LogP) is 3.72. The summed E-state index contributed by atoms with van der Waals surface area (Å²) in [6.07, 6.45) is -0.967. The summed E-state index contributed by atoms with van der Waals surface area (Å²) in [7, 11) is 1.80. The van der Waals surface area contributed by atoms with Crippen LogP contribution >= 0.6 is 0 Å². The maximum atomic E-state index is 12.9. The third-order valence-electron chi connectivity index (χ3n) is 3.65. The summed E-state index contributed by atoms with van der Waals surface area (Å²) in [5.41, 5.74) is 7.84. The average Bonchev–Trinajstić information content (AvgIpc) is 2.83. The van der Waals surface area contributed by atoms with Crippen LogP contribution in [0.2, 0.25) is 0 Å². The number of fused-ring (bicyclic) bond motifs is 1. The number of nitrogens with zero attached hydrogens (tertiary/aromatic N) is 2. The highest BCUT2D eigenvalue weighted by atomic mass is 19.4. The Balaban J connectivity index is 2.24. The van der Waals surface area contributed by atoms with E-state index in [4.69, 9.17) is 5.73 Å². The van der Waals surface area contributed by atoms with Crippen LogP contribution in [0.1, 0.15) is 11.1 Å². The molecule has 2 heterocycles. The minimum Gasteiger partial charge on any atom is -0.350 e. The van der Waals surface area contributed by atoms with E-state index in [-0.39, 0.29) is 0 Å². The van der Waals surface area contributed by atoms with Crippen LogP contribution in [0.25, 0.3) is 22.2 Å². The van der Waals surface area contributed by atoms with Gasteiger partial charge < -0.3 is 10.3 Å². The molecule has 0 saturated carbocycles. The van der Waals surface area contributed by atoms with Gasteiger partial charge in [0.1, 0.15) is 0 Å². The Morgan fingerprint density at radius 2 is 1.95 bits per heavy atom. The lowest BCUT2D eigenvalue weighted by Crippen LogP contribution is -2.04. The standard InChI is InChI=1S/C16H14F3N3/c1-22-9-13(14-6-10(8-20)4-5-21-14)12-7-11(16(17,18)19)2-3-15(12)22/h2-7,9H,8,20H2,1H3. The molecular formula is C16H14F3N3. The highest BCUT2D eigenvalue weighted by molar-refractivity contribution is 5.95. The van der Waals surface area contributed by atoms with E-state index < -0.39 is 11.7 Å². The average molecular weight is 305 g/mol. The van der Waals surface area contributed by atoms with Gasteiger partial charge in [0.15, 0.2) is 0 Å². The molecule has 114 valence electrons. The highest BCUT2D eigenvalue weighted by Crippen LogP contribution is 2.35. The van der Waals surface area contributed by atoms with Crippen molar-refractivity contribution in [1.29, 1.82) is 0 Å². The van der Waals surface area contributed by atoms with Gasteiger partial charge in [-0.2, -0.15) is 13.2 Å². The van der Waals surface area contributed by atoms with Crippen molar-refractivity contribution in [3.8, 4) is 11.3 Å². The molecule has 0 spiro atoms. The zero-order chi connectivity index (χ0) is 15.9. The fourth-order valence-electron chi connectivity index (χ4n) is 2.52. The van der Waals surface area contributed by atoms with Gasteiger partial charge >= 0.3 is 6.18 Å². The second-order valence-corrected chi connectivity index (χ2v) is 5.14. The molecule has 2 aromatic heterocycles. The Hall–Kier alpha value is -2.34. The molecule has 1 aromatic carbocycles. The first-order chi connectivity index (χ1) is 10.4. The van der Waals surface area contributed by atoms with E-state index in [1.54, 1.807) is 36.1 Å². The number of rotatable bonds is 2. The quantitative estimate of drug-likeness (QED) is 0.784. The van der Waals surface area contributed by atoms with Crippen LogP contribution in [0.3, 0.4) is 0 Å². The van der Waals surface area contributed by atoms with Crippen molar-refractivity contribution >= 4 is 10.9 Å². The lowest BCUT2D eigenvalue weighted by molar-refractivity contribution is -0.137. The van der Waals surface area contributed by atoms with Gasteiger partial charge in [0.05, 0.1) is 11.3 Å². The van der Waals surface area contributed by atoms with Crippen molar-refractivity contribution in [2.45, 2.75) is 12.7 Å². The van der Waals surface area contributed by atoms with E-state index >= 15 is 0 Å². The van der Waals surface area contributed by atoms with E-state index in [0.29, 0.717) is 23.2 Å². The predicted molar refractivity (Wildman–Crippen MR) is 79.0 cm³/mol. The van der Waals surface area contributed by atoms with Crippen LogP contribution in [-0.2, 0) is 19.8 Å². The van der Waals surface area contributed by atoms with Crippen LogP contribution in [0, 0.1) is 0 Å². The molecule has 0 aliphatic heterocycles. The first-order valence-electron chi connectivity index (χ1n) is 6.72. The lowest BCUT2D eigenvalue weighted by atomic mass is 10.1. The molecule has 0 saturated heterocycles. The summed E-state index contributed by atoms with van der Waals surface area (Å²) >= 11 is 0. The summed E-state index contributed by atoms with van der Waals surface area (Å²) in [5.74, 6) is 0. The number of halogens is 3. The third-order valence-corrected chi connectivity index (χ3v) is 3.65. The number of hydrogen-bond donors (Lipinski definition) is 1. The van der Waals surface area contributed by atoms with E-state index in [1.165, 1.54) is 12.1 Å². The van der Waals surface area contributed by atoms with Crippen LogP contribution in [0.15, 0.2) is 42.7 Å². The number of aryl methyl sites for hydroxylation is 1. The molecule has 0 aliphatic rings. The van der Waals surface area contributed by atoms with Crippen LogP contribution in [0.4, 0.5) is 13.2 Å². The normalized spacial score (nSPS) is 12.0. The van der Waals surface area contributed by atoms with Gasteiger partial charge in [0.25, 0.3) is 0 Å². The molecule has 0 radical (unpaired) electrons. The van der Waals surface area contributed by atoms with Crippen molar-refractivity contribution in [2.24, 2.45) is 12.8 Å². The second-order valence-electron chi connectivity index (χ2n) is 5.14. The number of aromatic nitrogens is 2. The van der Waals surface area contributed by atoms with Gasteiger partial charge in [-0.3, -0.25) is 4.98 Å². The molecule has 3 nitrogen and oxygen atoms in total. The van der Waals surface area contributed by atoms with E-state index in [9.17, 15) is 13.2 Å². The van der Waals surface area contributed by atoms with Crippen molar-refractivity contribution in [3.05, 3.63) is 53.9 Å². The zero-order valence-electron chi connectivity index (χ0n) is 11.9. The number of benzene rings is 1. The summed E-state index contributed by atoms with van der Waals surface area (Å²) < 4.78 is 40.6. The van der Waals surface area contributed by atoms with Gasteiger partial charge in [-0.15, -0.1) is 0 Å². The van der Waals surface area contributed by atoms with Crippen LogP contribution in [0.5, 0.6) is 0 Å². The summed E-state index contributed by atoms with van der Waals surface area (Å²) in [6.45, 7) is 0.355. The molecule has 2 N–H and O–H groups in total. The second kappa shape index (κ2) is 5.14. The maximum Gasteiger partial charge on any atom is 0.416 e. The maximum absolute atomic E-state index is 12.9. The fraction of sp³-hybridized carbons (Fsp3) is 0.188. The van der Waals surface area contributed by atoms with E-state index in [2.05, 4.69) is 4.98 Å². The summed E-state index contributed by atoms with van der Waals surface area (Å²) in [5, 5.41) is 0.527. The lowest BCUT2D eigenvalue weighted by Gasteiger charge is -2.07. The SMILES string of the molecule is Cn1cc(-c2cc(CN)ccn2)c2cc(C(F)(F)F)ccc21. The van der Waals surface area contributed by atoms with E-state index in [0.717, 1.165) is 17.1 Å². The topological polar surface area (TPSA) is 43.8 Å². The van der Waals surface area contributed by atoms with Crippen molar-refractivity contribution in [2.75, 3.05) is 0 Å². The third kappa shape index (κ3) is 2.46. The number of pyridine rings is 1. The molecule has 3 rings (SSSR count). The Kier molecular flexibility index (Phi) is 3.41. The molecular weight excluding hydrogens is 291 g/mol. The largest absolute Gasteiger partial charge is 0.416 e. The van der Waals surface area contributed by atoms with E-state index in [1.807, 2.05) is 0 Å². The molecule has 0 bridgehead atoms.